The third-order valence-corrected chi connectivity index (χ3v) is 4.49. The second kappa shape index (κ2) is 8.62. The van der Waals surface area contributed by atoms with Crippen LogP contribution in [0.25, 0.3) is 6.08 Å². The van der Waals surface area contributed by atoms with Crippen LogP contribution in [0.5, 0.6) is 0 Å². The summed E-state index contributed by atoms with van der Waals surface area (Å²) in [6, 6.07) is 11.3. The van der Waals surface area contributed by atoms with Gasteiger partial charge in [0.15, 0.2) is 0 Å². The van der Waals surface area contributed by atoms with Gasteiger partial charge in [-0.05, 0) is 35.1 Å². The molecule has 23 heavy (non-hydrogen) atoms. The fourth-order valence-corrected chi connectivity index (χ4v) is 2.91. The number of aliphatic hydroxyl groups is 2. The Balaban J connectivity index is 1.82. The van der Waals surface area contributed by atoms with Crippen molar-refractivity contribution in [2.24, 2.45) is 0 Å². The van der Waals surface area contributed by atoms with Gasteiger partial charge in [-0.2, -0.15) is 0 Å². The highest BCUT2D eigenvalue weighted by atomic mass is 32.1. The standard InChI is InChI=1S/C18H21NO3S/c1-19(10-9-17(21)15-5-3-2-4-6-15)18(22)8-7-16-11-14(12-20)13-23-16/h2-8,11,13,17,20-21H,9-10,12H2,1H3/b8-7+. The number of hydrogen-bond donors (Lipinski definition) is 2. The minimum Gasteiger partial charge on any atom is -0.392 e. The smallest absolute Gasteiger partial charge is 0.246 e. The van der Waals surface area contributed by atoms with E-state index in [0.29, 0.717) is 13.0 Å². The Morgan fingerprint density at radius 3 is 2.74 bits per heavy atom. The molecule has 4 nitrogen and oxygen atoms in total. The number of carbonyl (C=O) groups excluding carboxylic acids is 1. The summed E-state index contributed by atoms with van der Waals surface area (Å²) in [5, 5.41) is 21.0. The maximum absolute atomic E-state index is 12.1. The topological polar surface area (TPSA) is 60.8 Å². The Hall–Kier alpha value is -1.95. The van der Waals surface area contributed by atoms with E-state index in [0.717, 1.165) is 16.0 Å². The van der Waals surface area contributed by atoms with E-state index >= 15 is 0 Å². The number of nitrogens with zero attached hydrogens (tertiary/aromatic N) is 1. The van der Waals surface area contributed by atoms with Crippen LogP contribution in [0.2, 0.25) is 0 Å². The molecular weight excluding hydrogens is 310 g/mol. The molecule has 0 radical (unpaired) electrons. The van der Waals surface area contributed by atoms with Gasteiger partial charge in [-0.15, -0.1) is 11.3 Å². The molecule has 1 unspecified atom stereocenters. The molecule has 0 spiro atoms. The summed E-state index contributed by atoms with van der Waals surface area (Å²) < 4.78 is 0. The number of aliphatic hydroxyl groups excluding tert-OH is 2. The van der Waals surface area contributed by atoms with E-state index < -0.39 is 6.10 Å². The van der Waals surface area contributed by atoms with Crippen LogP contribution in [0.1, 0.15) is 28.5 Å². The summed E-state index contributed by atoms with van der Waals surface area (Å²) in [6.45, 7) is 0.487. The predicted molar refractivity (Wildman–Crippen MR) is 92.9 cm³/mol. The fraction of sp³-hybridized carbons (Fsp3) is 0.278. The molecule has 2 N–H and O–H groups in total. The molecule has 2 rings (SSSR count). The van der Waals surface area contributed by atoms with Crippen molar-refractivity contribution in [3.63, 3.8) is 0 Å². The van der Waals surface area contributed by atoms with Crippen LogP contribution in [0, 0.1) is 0 Å². The Morgan fingerprint density at radius 2 is 2.09 bits per heavy atom. The predicted octanol–water partition coefficient (Wildman–Crippen LogP) is 2.84. The molecule has 0 aliphatic rings. The van der Waals surface area contributed by atoms with Crippen molar-refractivity contribution in [1.29, 1.82) is 0 Å². The second-order valence-corrected chi connectivity index (χ2v) is 6.27. The first-order valence-electron chi connectivity index (χ1n) is 7.44. The molecule has 1 aromatic carbocycles. The number of likely N-dealkylation sites (N-methyl/N-ethyl adjacent to an activating group) is 1. The van der Waals surface area contributed by atoms with Crippen LogP contribution in [-0.2, 0) is 11.4 Å². The normalized spacial score (nSPS) is 12.5. The highest BCUT2D eigenvalue weighted by Gasteiger charge is 2.10. The van der Waals surface area contributed by atoms with E-state index in [4.69, 9.17) is 5.11 Å². The van der Waals surface area contributed by atoms with Gasteiger partial charge in [-0.25, -0.2) is 0 Å². The molecule has 1 aromatic heterocycles. The highest BCUT2D eigenvalue weighted by Crippen LogP contribution is 2.17. The summed E-state index contributed by atoms with van der Waals surface area (Å²) in [7, 11) is 1.72. The Labute approximate surface area is 140 Å². The Bertz CT molecular complexity index is 651. The minimum atomic E-state index is -0.570. The van der Waals surface area contributed by atoms with E-state index in [1.807, 2.05) is 41.8 Å². The van der Waals surface area contributed by atoms with Gasteiger partial charge in [0.25, 0.3) is 0 Å². The third kappa shape index (κ3) is 5.32. The number of hydrogen-bond acceptors (Lipinski definition) is 4. The monoisotopic (exact) mass is 331 g/mol. The summed E-state index contributed by atoms with van der Waals surface area (Å²) in [4.78, 5) is 14.6. The van der Waals surface area contributed by atoms with Crippen molar-refractivity contribution < 1.29 is 15.0 Å². The Morgan fingerprint density at radius 1 is 1.35 bits per heavy atom. The molecule has 0 saturated carbocycles. The zero-order valence-electron chi connectivity index (χ0n) is 13.1. The first kappa shape index (κ1) is 17.4. The van der Waals surface area contributed by atoms with Crippen molar-refractivity contribution in [3.05, 3.63) is 63.9 Å². The van der Waals surface area contributed by atoms with E-state index in [1.54, 1.807) is 18.0 Å². The molecule has 122 valence electrons. The maximum Gasteiger partial charge on any atom is 0.246 e. The summed E-state index contributed by atoms with van der Waals surface area (Å²) >= 11 is 1.49. The molecule has 0 saturated heterocycles. The SMILES string of the molecule is CN(CCC(O)c1ccccc1)C(=O)/C=C/c1cc(CO)cs1. The van der Waals surface area contributed by atoms with Gasteiger partial charge in [-0.1, -0.05) is 30.3 Å². The van der Waals surface area contributed by atoms with E-state index in [-0.39, 0.29) is 12.5 Å². The first-order chi connectivity index (χ1) is 11.1. The number of carbonyl (C=O) groups is 1. The van der Waals surface area contributed by atoms with Crippen molar-refractivity contribution in [2.75, 3.05) is 13.6 Å². The van der Waals surface area contributed by atoms with Gasteiger partial charge < -0.3 is 15.1 Å². The Kier molecular flexibility index (Phi) is 6.52. The zero-order chi connectivity index (χ0) is 16.7. The molecule has 0 aliphatic heterocycles. The van der Waals surface area contributed by atoms with Crippen LogP contribution in [0.4, 0.5) is 0 Å². The van der Waals surface area contributed by atoms with Crippen LogP contribution in [0.3, 0.4) is 0 Å². The minimum absolute atomic E-state index is 0.00949. The van der Waals surface area contributed by atoms with Crippen LogP contribution < -0.4 is 0 Å². The van der Waals surface area contributed by atoms with Crippen LogP contribution in [0.15, 0.2) is 47.9 Å². The molecular formula is C18H21NO3S. The van der Waals surface area contributed by atoms with E-state index in [1.165, 1.54) is 17.4 Å². The maximum atomic E-state index is 12.1. The molecule has 1 atom stereocenters. The number of amides is 1. The van der Waals surface area contributed by atoms with Crippen LogP contribution in [-0.4, -0.2) is 34.6 Å². The fourth-order valence-electron chi connectivity index (χ4n) is 2.11. The average Bonchev–Trinajstić information content (AvgIpc) is 3.06. The second-order valence-electron chi connectivity index (χ2n) is 5.32. The number of thiophene rings is 1. The highest BCUT2D eigenvalue weighted by molar-refractivity contribution is 7.11. The van der Waals surface area contributed by atoms with Gasteiger partial charge >= 0.3 is 0 Å². The third-order valence-electron chi connectivity index (χ3n) is 3.55. The first-order valence-corrected chi connectivity index (χ1v) is 8.32. The molecule has 1 amide bonds. The van der Waals surface area contributed by atoms with Crippen molar-refractivity contribution in [3.8, 4) is 0 Å². The lowest BCUT2D eigenvalue weighted by Crippen LogP contribution is -2.26. The van der Waals surface area contributed by atoms with E-state index in [2.05, 4.69) is 0 Å². The quantitative estimate of drug-likeness (QED) is 0.767. The average molecular weight is 331 g/mol. The van der Waals surface area contributed by atoms with Gasteiger partial charge in [0, 0.05) is 24.5 Å². The lowest BCUT2D eigenvalue weighted by molar-refractivity contribution is -0.125. The van der Waals surface area contributed by atoms with Crippen molar-refractivity contribution in [1.82, 2.24) is 4.90 Å². The van der Waals surface area contributed by atoms with Gasteiger partial charge in [0.2, 0.25) is 5.91 Å². The van der Waals surface area contributed by atoms with Gasteiger partial charge in [0.1, 0.15) is 0 Å². The van der Waals surface area contributed by atoms with Gasteiger partial charge in [0.05, 0.1) is 12.7 Å². The number of benzene rings is 1. The molecule has 5 heteroatoms. The lowest BCUT2D eigenvalue weighted by atomic mass is 10.1. The lowest BCUT2D eigenvalue weighted by Gasteiger charge is -2.18. The summed E-state index contributed by atoms with van der Waals surface area (Å²) in [5.74, 6) is -0.107. The molecule has 0 aliphatic carbocycles. The van der Waals surface area contributed by atoms with Crippen molar-refractivity contribution in [2.45, 2.75) is 19.1 Å². The van der Waals surface area contributed by atoms with Crippen LogP contribution >= 0.6 is 11.3 Å². The molecule has 0 bridgehead atoms. The van der Waals surface area contributed by atoms with Gasteiger partial charge in [-0.3, -0.25) is 4.79 Å². The largest absolute Gasteiger partial charge is 0.392 e. The molecule has 1 heterocycles. The molecule has 0 fully saturated rings. The number of rotatable bonds is 7. The van der Waals surface area contributed by atoms with E-state index in [9.17, 15) is 9.90 Å². The zero-order valence-corrected chi connectivity index (χ0v) is 13.9. The molecule has 2 aromatic rings. The van der Waals surface area contributed by atoms with Crippen molar-refractivity contribution >= 4 is 23.3 Å². The summed E-state index contributed by atoms with van der Waals surface area (Å²) in [6.07, 6.45) is 3.19. The summed E-state index contributed by atoms with van der Waals surface area (Å²) in [5.41, 5.74) is 1.71.